The van der Waals surface area contributed by atoms with E-state index in [9.17, 15) is 13.9 Å². The van der Waals surface area contributed by atoms with E-state index in [1.54, 1.807) is 6.92 Å². The molecule has 1 N–H and O–H groups in total. The van der Waals surface area contributed by atoms with E-state index in [1.165, 1.54) is 0 Å². The van der Waals surface area contributed by atoms with Crippen LogP contribution in [-0.4, -0.2) is 5.11 Å². The second kappa shape index (κ2) is 3.01. The SMILES string of the molecule is CC1(C(C)(O)c2cc(F)ccc2F)CC1. The summed E-state index contributed by atoms with van der Waals surface area (Å²) in [5.74, 6) is -1.06. The highest BCUT2D eigenvalue weighted by Crippen LogP contribution is 2.58. The third kappa shape index (κ3) is 1.55. The Balaban J connectivity index is 2.48. The Morgan fingerprint density at radius 2 is 1.93 bits per heavy atom. The van der Waals surface area contributed by atoms with Crippen LogP contribution in [-0.2, 0) is 5.60 Å². The van der Waals surface area contributed by atoms with Gasteiger partial charge in [-0.3, -0.25) is 0 Å². The highest BCUT2D eigenvalue weighted by atomic mass is 19.1. The molecular formula is C12H14F2O. The first-order valence-corrected chi connectivity index (χ1v) is 5.05. The third-order valence-corrected chi connectivity index (χ3v) is 3.63. The van der Waals surface area contributed by atoms with Gasteiger partial charge in [-0.05, 0) is 38.0 Å². The van der Waals surface area contributed by atoms with Gasteiger partial charge in [0.15, 0.2) is 0 Å². The third-order valence-electron chi connectivity index (χ3n) is 3.63. The summed E-state index contributed by atoms with van der Waals surface area (Å²) in [7, 11) is 0. The monoisotopic (exact) mass is 212 g/mol. The van der Waals surface area contributed by atoms with Crippen molar-refractivity contribution in [3.05, 3.63) is 35.4 Å². The zero-order valence-corrected chi connectivity index (χ0v) is 8.85. The minimum absolute atomic E-state index is 0.0579. The van der Waals surface area contributed by atoms with Crippen LogP contribution >= 0.6 is 0 Å². The summed E-state index contributed by atoms with van der Waals surface area (Å²) in [6.45, 7) is 3.44. The molecule has 1 nitrogen and oxygen atoms in total. The van der Waals surface area contributed by atoms with Crippen molar-refractivity contribution in [1.82, 2.24) is 0 Å². The molecule has 2 rings (SSSR count). The number of halogens is 2. The average Bonchev–Trinajstić information content (AvgIpc) is 2.89. The van der Waals surface area contributed by atoms with Crippen LogP contribution in [0.3, 0.4) is 0 Å². The quantitative estimate of drug-likeness (QED) is 0.799. The molecular weight excluding hydrogens is 198 g/mol. The van der Waals surface area contributed by atoms with Gasteiger partial charge in [-0.15, -0.1) is 0 Å². The van der Waals surface area contributed by atoms with E-state index < -0.39 is 17.2 Å². The second-order valence-electron chi connectivity index (χ2n) is 4.76. The Morgan fingerprint density at radius 3 is 2.47 bits per heavy atom. The van der Waals surface area contributed by atoms with Gasteiger partial charge >= 0.3 is 0 Å². The van der Waals surface area contributed by atoms with E-state index in [2.05, 4.69) is 0 Å². The lowest BCUT2D eigenvalue weighted by Gasteiger charge is -2.31. The molecule has 0 amide bonds. The zero-order valence-electron chi connectivity index (χ0n) is 8.85. The first-order chi connectivity index (χ1) is 6.87. The fourth-order valence-electron chi connectivity index (χ4n) is 1.87. The molecule has 1 fully saturated rings. The van der Waals surface area contributed by atoms with E-state index in [4.69, 9.17) is 0 Å². The molecule has 1 aromatic carbocycles. The standard InChI is InChI=1S/C12H14F2O/c1-11(5-6-11)12(2,15)9-7-8(13)3-4-10(9)14/h3-4,7,15H,5-6H2,1-2H3. The molecule has 82 valence electrons. The fraction of sp³-hybridized carbons (Fsp3) is 0.500. The summed E-state index contributed by atoms with van der Waals surface area (Å²) >= 11 is 0. The number of rotatable bonds is 2. The molecule has 0 spiro atoms. The lowest BCUT2D eigenvalue weighted by atomic mass is 9.81. The van der Waals surface area contributed by atoms with Gasteiger partial charge in [-0.2, -0.15) is 0 Å². The van der Waals surface area contributed by atoms with Crippen LogP contribution < -0.4 is 0 Å². The van der Waals surface area contributed by atoms with Crippen molar-refractivity contribution in [2.75, 3.05) is 0 Å². The maximum Gasteiger partial charge on any atom is 0.129 e. The zero-order chi connectivity index (χ0) is 11.3. The molecule has 0 radical (unpaired) electrons. The Labute approximate surface area is 87.7 Å². The molecule has 3 heteroatoms. The minimum atomic E-state index is -1.29. The van der Waals surface area contributed by atoms with Gasteiger partial charge in [-0.25, -0.2) is 8.78 Å². The molecule has 1 aromatic rings. The Hall–Kier alpha value is -0.960. The van der Waals surface area contributed by atoms with Crippen LogP contribution in [0.1, 0.15) is 32.3 Å². The number of hydrogen-bond acceptors (Lipinski definition) is 1. The van der Waals surface area contributed by atoms with Crippen LogP contribution in [0.15, 0.2) is 18.2 Å². The smallest absolute Gasteiger partial charge is 0.129 e. The molecule has 0 heterocycles. The Bertz CT molecular complexity index is 395. The largest absolute Gasteiger partial charge is 0.385 e. The van der Waals surface area contributed by atoms with E-state index >= 15 is 0 Å². The molecule has 1 aliphatic carbocycles. The summed E-state index contributed by atoms with van der Waals surface area (Å²) in [4.78, 5) is 0. The average molecular weight is 212 g/mol. The molecule has 0 bridgehead atoms. The van der Waals surface area contributed by atoms with Crippen molar-refractivity contribution in [2.45, 2.75) is 32.3 Å². The molecule has 1 saturated carbocycles. The lowest BCUT2D eigenvalue weighted by molar-refractivity contribution is -0.0160. The van der Waals surface area contributed by atoms with Crippen molar-refractivity contribution in [3.63, 3.8) is 0 Å². The predicted molar refractivity (Wildman–Crippen MR) is 53.3 cm³/mol. The van der Waals surface area contributed by atoms with E-state index in [1.807, 2.05) is 6.92 Å². The summed E-state index contributed by atoms with van der Waals surface area (Å²) < 4.78 is 26.5. The van der Waals surface area contributed by atoms with Crippen LogP contribution in [0.2, 0.25) is 0 Å². The van der Waals surface area contributed by atoms with Crippen molar-refractivity contribution in [2.24, 2.45) is 5.41 Å². The molecule has 1 atom stereocenters. The van der Waals surface area contributed by atoms with Gasteiger partial charge in [0.25, 0.3) is 0 Å². The topological polar surface area (TPSA) is 20.2 Å². The summed E-state index contributed by atoms with van der Waals surface area (Å²) in [5, 5.41) is 10.3. The molecule has 0 aromatic heterocycles. The van der Waals surface area contributed by atoms with Crippen LogP contribution in [0.4, 0.5) is 8.78 Å². The molecule has 0 aliphatic heterocycles. The number of aliphatic hydroxyl groups is 1. The van der Waals surface area contributed by atoms with Gasteiger partial charge in [0.1, 0.15) is 11.6 Å². The Morgan fingerprint density at radius 1 is 1.33 bits per heavy atom. The fourth-order valence-corrected chi connectivity index (χ4v) is 1.87. The molecule has 15 heavy (non-hydrogen) atoms. The number of hydrogen-bond donors (Lipinski definition) is 1. The first-order valence-electron chi connectivity index (χ1n) is 5.05. The second-order valence-corrected chi connectivity index (χ2v) is 4.76. The molecule has 1 unspecified atom stereocenters. The molecule has 1 aliphatic rings. The summed E-state index contributed by atoms with van der Waals surface area (Å²) in [6.07, 6.45) is 1.69. The van der Waals surface area contributed by atoms with E-state index in [-0.39, 0.29) is 11.0 Å². The van der Waals surface area contributed by atoms with Gasteiger partial charge < -0.3 is 5.11 Å². The van der Waals surface area contributed by atoms with Crippen molar-refractivity contribution in [3.8, 4) is 0 Å². The van der Waals surface area contributed by atoms with Crippen molar-refractivity contribution >= 4 is 0 Å². The first kappa shape index (κ1) is 10.6. The predicted octanol–water partition coefficient (Wildman–Crippen LogP) is 2.97. The number of benzene rings is 1. The van der Waals surface area contributed by atoms with Crippen LogP contribution in [0.25, 0.3) is 0 Å². The van der Waals surface area contributed by atoms with Crippen molar-refractivity contribution < 1.29 is 13.9 Å². The van der Waals surface area contributed by atoms with E-state index in [0.717, 1.165) is 31.0 Å². The minimum Gasteiger partial charge on any atom is -0.385 e. The maximum atomic E-state index is 13.5. The lowest BCUT2D eigenvalue weighted by Crippen LogP contribution is -2.32. The van der Waals surface area contributed by atoms with Crippen LogP contribution in [0, 0.1) is 17.0 Å². The van der Waals surface area contributed by atoms with Gasteiger partial charge in [0, 0.05) is 11.0 Å². The highest BCUT2D eigenvalue weighted by Gasteiger charge is 2.54. The summed E-state index contributed by atoms with van der Waals surface area (Å²) in [6, 6.07) is 3.20. The van der Waals surface area contributed by atoms with Crippen molar-refractivity contribution in [1.29, 1.82) is 0 Å². The van der Waals surface area contributed by atoms with E-state index in [0.29, 0.717) is 0 Å². The van der Waals surface area contributed by atoms with Gasteiger partial charge in [0.05, 0.1) is 5.60 Å². The normalized spacial score (nSPS) is 22.2. The highest BCUT2D eigenvalue weighted by molar-refractivity contribution is 5.29. The Kier molecular flexibility index (Phi) is 2.12. The van der Waals surface area contributed by atoms with Gasteiger partial charge in [0.2, 0.25) is 0 Å². The summed E-state index contributed by atoms with van der Waals surface area (Å²) in [5.41, 5.74) is -1.55. The van der Waals surface area contributed by atoms with Gasteiger partial charge in [-0.1, -0.05) is 6.92 Å². The van der Waals surface area contributed by atoms with Crippen LogP contribution in [0.5, 0.6) is 0 Å². The maximum absolute atomic E-state index is 13.5. The molecule has 0 saturated heterocycles.